The average Bonchev–Trinajstić information content (AvgIpc) is 2.82. The van der Waals surface area contributed by atoms with Gasteiger partial charge in [-0.25, -0.2) is 0 Å². The first-order valence-electron chi connectivity index (χ1n) is 9.74. The SMILES string of the molecule is COc1ccccc1O[C@H](C)C(=O)NNC(=O)c1ccccc1OCc1ccccc1. The summed E-state index contributed by atoms with van der Waals surface area (Å²) >= 11 is 0. The molecule has 0 aliphatic carbocycles. The number of methoxy groups -OCH3 is 1. The average molecular weight is 420 g/mol. The number of hydrogen-bond donors (Lipinski definition) is 2. The molecular formula is C24H24N2O5. The van der Waals surface area contributed by atoms with Crippen molar-refractivity contribution in [3.63, 3.8) is 0 Å². The van der Waals surface area contributed by atoms with Crippen LogP contribution in [0.2, 0.25) is 0 Å². The lowest BCUT2D eigenvalue weighted by molar-refractivity contribution is -0.128. The molecule has 0 aliphatic heterocycles. The second-order valence-electron chi connectivity index (χ2n) is 6.62. The van der Waals surface area contributed by atoms with Gasteiger partial charge in [0.05, 0.1) is 12.7 Å². The number of carbonyl (C=O) groups is 2. The first kappa shape index (κ1) is 21.7. The summed E-state index contributed by atoms with van der Waals surface area (Å²) < 4.78 is 16.6. The molecule has 3 rings (SSSR count). The molecule has 7 nitrogen and oxygen atoms in total. The molecule has 0 unspecified atom stereocenters. The van der Waals surface area contributed by atoms with Crippen molar-refractivity contribution >= 4 is 11.8 Å². The van der Waals surface area contributed by atoms with Crippen molar-refractivity contribution in [2.75, 3.05) is 7.11 Å². The zero-order chi connectivity index (χ0) is 22.1. The molecule has 0 fully saturated rings. The summed E-state index contributed by atoms with van der Waals surface area (Å²) in [7, 11) is 1.52. The molecule has 7 heteroatoms. The standard InChI is InChI=1S/C24H24N2O5/c1-17(31-22-15-9-8-14-21(22)29-2)23(27)25-26-24(28)19-12-6-7-13-20(19)30-16-18-10-4-3-5-11-18/h3-15,17H,16H2,1-2H3,(H,25,27)(H,26,28)/t17-/m1/s1. The maximum atomic E-state index is 12.6. The molecule has 0 aliphatic rings. The highest BCUT2D eigenvalue weighted by molar-refractivity contribution is 5.98. The lowest BCUT2D eigenvalue weighted by Crippen LogP contribution is -2.47. The molecule has 31 heavy (non-hydrogen) atoms. The third kappa shape index (κ3) is 5.99. The summed E-state index contributed by atoms with van der Waals surface area (Å²) in [5, 5.41) is 0. The van der Waals surface area contributed by atoms with Gasteiger partial charge in [0.1, 0.15) is 12.4 Å². The number of carbonyl (C=O) groups excluding carboxylic acids is 2. The number of benzene rings is 3. The lowest BCUT2D eigenvalue weighted by Gasteiger charge is -2.17. The molecule has 0 saturated heterocycles. The first-order chi connectivity index (χ1) is 15.1. The minimum Gasteiger partial charge on any atom is -0.493 e. The Morgan fingerprint density at radius 2 is 1.42 bits per heavy atom. The molecule has 0 heterocycles. The second kappa shape index (κ2) is 10.7. The van der Waals surface area contributed by atoms with E-state index in [-0.39, 0.29) is 0 Å². The summed E-state index contributed by atoms with van der Waals surface area (Å²) in [5.41, 5.74) is 6.07. The van der Waals surface area contributed by atoms with E-state index in [1.165, 1.54) is 7.11 Å². The van der Waals surface area contributed by atoms with Crippen molar-refractivity contribution in [3.8, 4) is 17.2 Å². The van der Waals surface area contributed by atoms with Crippen LogP contribution in [0.5, 0.6) is 17.2 Å². The van der Waals surface area contributed by atoms with E-state index in [4.69, 9.17) is 14.2 Å². The monoisotopic (exact) mass is 420 g/mol. The summed E-state index contributed by atoms with van der Waals surface area (Å²) in [4.78, 5) is 25.0. The van der Waals surface area contributed by atoms with Crippen molar-refractivity contribution in [3.05, 3.63) is 90.0 Å². The van der Waals surface area contributed by atoms with Crippen molar-refractivity contribution < 1.29 is 23.8 Å². The van der Waals surface area contributed by atoms with Gasteiger partial charge in [-0.15, -0.1) is 0 Å². The van der Waals surface area contributed by atoms with Crippen LogP contribution < -0.4 is 25.1 Å². The van der Waals surface area contributed by atoms with Gasteiger partial charge in [0.15, 0.2) is 17.6 Å². The zero-order valence-corrected chi connectivity index (χ0v) is 17.3. The van der Waals surface area contributed by atoms with E-state index in [2.05, 4.69) is 10.9 Å². The fourth-order valence-electron chi connectivity index (χ4n) is 2.76. The van der Waals surface area contributed by atoms with Crippen LogP contribution in [-0.4, -0.2) is 25.0 Å². The first-order valence-corrected chi connectivity index (χ1v) is 9.74. The van der Waals surface area contributed by atoms with Crippen LogP contribution in [0.1, 0.15) is 22.8 Å². The Morgan fingerprint density at radius 1 is 0.806 bits per heavy atom. The summed E-state index contributed by atoms with van der Waals surface area (Å²) in [5.74, 6) is 0.342. The summed E-state index contributed by atoms with van der Waals surface area (Å²) in [6.45, 7) is 1.89. The Labute approximate surface area is 180 Å². The Bertz CT molecular complexity index is 1020. The van der Waals surface area contributed by atoms with E-state index in [9.17, 15) is 9.59 Å². The van der Waals surface area contributed by atoms with E-state index in [1.54, 1.807) is 55.5 Å². The van der Waals surface area contributed by atoms with E-state index in [0.29, 0.717) is 29.4 Å². The number of nitrogens with one attached hydrogen (secondary N) is 2. The predicted octanol–water partition coefficient (Wildman–Crippen LogP) is 3.50. The van der Waals surface area contributed by atoms with Gasteiger partial charge in [-0.2, -0.15) is 0 Å². The van der Waals surface area contributed by atoms with Gasteiger partial charge in [-0.05, 0) is 36.8 Å². The lowest BCUT2D eigenvalue weighted by atomic mass is 10.2. The van der Waals surface area contributed by atoms with Crippen molar-refractivity contribution in [1.82, 2.24) is 10.9 Å². The Kier molecular flexibility index (Phi) is 7.48. The minimum absolute atomic E-state index is 0.303. The molecule has 1 atom stereocenters. The van der Waals surface area contributed by atoms with Crippen molar-refractivity contribution in [1.29, 1.82) is 0 Å². The molecule has 0 radical (unpaired) electrons. The molecule has 0 spiro atoms. The van der Waals surface area contributed by atoms with Crippen LogP contribution >= 0.6 is 0 Å². The quantitative estimate of drug-likeness (QED) is 0.545. The van der Waals surface area contributed by atoms with Crippen molar-refractivity contribution in [2.45, 2.75) is 19.6 Å². The summed E-state index contributed by atoms with van der Waals surface area (Å²) in [6.07, 6.45) is -0.860. The van der Waals surface area contributed by atoms with E-state index in [0.717, 1.165) is 5.56 Å². The highest BCUT2D eigenvalue weighted by Gasteiger charge is 2.19. The van der Waals surface area contributed by atoms with E-state index in [1.807, 2.05) is 30.3 Å². The zero-order valence-electron chi connectivity index (χ0n) is 17.3. The van der Waals surface area contributed by atoms with Gasteiger partial charge in [-0.1, -0.05) is 54.6 Å². The van der Waals surface area contributed by atoms with E-state index >= 15 is 0 Å². The molecule has 160 valence electrons. The Morgan fingerprint density at radius 3 is 2.13 bits per heavy atom. The number of rotatable bonds is 8. The van der Waals surface area contributed by atoms with Crippen LogP contribution in [0, 0.1) is 0 Å². The Balaban J connectivity index is 1.57. The molecule has 2 N–H and O–H groups in total. The largest absolute Gasteiger partial charge is 0.493 e. The summed E-state index contributed by atoms with van der Waals surface area (Å²) in [6, 6.07) is 23.5. The second-order valence-corrected chi connectivity index (χ2v) is 6.62. The maximum Gasteiger partial charge on any atom is 0.279 e. The highest BCUT2D eigenvalue weighted by atomic mass is 16.5. The Hall–Kier alpha value is -4.00. The van der Waals surface area contributed by atoms with Gasteiger partial charge in [0, 0.05) is 0 Å². The smallest absolute Gasteiger partial charge is 0.279 e. The molecular weight excluding hydrogens is 396 g/mol. The predicted molar refractivity (Wildman–Crippen MR) is 116 cm³/mol. The van der Waals surface area contributed by atoms with E-state index < -0.39 is 17.9 Å². The van der Waals surface area contributed by atoms with Crippen LogP contribution in [0.15, 0.2) is 78.9 Å². The van der Waals surface area contributed by atoms with Gasteiger partial charge in [0.25, 0.3) is 11.8 Å². The molecule has 2 amide bonds. The van der Waals surface area contributed by atoms with Gasteiger partial charge in [-0.3, -0.25) is 20.4 Å². The van der Waals surface area contributed by atoms with Crippen LogP contribution in [0.4, 0.5) is 0 Å². The third-order valence-electron chi connectivity index (χ3n) is 4.41. The highest BCUT2D eigenvalue weighted by Crippen LogP contribution is 2.26. The maximum absolute atomic E-state index is 12.6. The number of ether oxygens (including phenoxy) is 3. The number of amides is 2. The van der Waals surface area contributed by atoms with Crippen LogP contribution in [0.3, 0.4) is 0 Å². The fraction of sp³-hybridized carbons (Fsp3) is 0.167. The normalized spacial score (nSPS) is 11.2. The fourth-order valence-corrected chi connectivity index (χ4v) is 2.76. The van der Waals surface area contributed by atoms with Gasteiger partial charge < -0.3 is 14.2 Å². The number of para-hydroxylation sites is 3. The minimum atomic E-state index is -0.860. The van der Waals surface area contributed by atoms with Gasteiger partial charge >= 0.3 is 0 Å². The van der Waals surface area contributed by atoms with Gasteiger partial charge in [0.2, 0.25) is 0 Å². The molecule has 3 aromatic carbocycles. The van der Waals surface area contributed by atoms with Crippen LogP contribution in [-0.2, 0) is 11.4 Å². The number of hydrogen-bond acceptors (Lipinski definition) is 5. The molecule has 0 saturated carbocycles. The van der Waals surface area contributed by atoms with Crippen molar-refractivity contribution in [2.24, 2.45) is 0 Å². The number of hydrazine groups is 1. The topological polar surface area (TPSA) is 85.9 Å². The molecule has 0 aromatic heterocycles. The molecule has 0 bridgehead atoms. The third-order valence-corrected chi connectivity index (χ3v) is 4.41. The molecule has 3 aromatic rings. The van der Waals surface area contributed by atoms with Crippen LogP contribution in [0.25, 0.3) is 0 Å².